The zero-order valence-electron chi connectivity index (χ0n) is 15.5. The van der Waals surface area contributed by atoms with E-state index in [-0.39, 0.29) is 23.7 Å². The first-order valence-corrected chi connectivity index (χ1v) is 8.66. The minimum atomic E-state index is -0.478. The number of aryl methyl sites for hydroxylation is 2. The number of nitro groups is 1. The van der Waals surface area contributed by atoms with Crippen LogP contribution in [-0.4, -0.2) is 15.4 Å². The minimum Gasteiger partial charge on any atom is -0.322 e. The second-order valence-corrected chi connectivity index (χ2v) is 6.58. The summed E-state index contributed by atoms with van der Waals surface area (Å²) in [4.78, 5) is 35.0. The zero-order chi connectivity index (χ0) is 20.3. The maximum absolute atomic E-state index is 12.6. The van der Waals surface area contributed by atoms with Gasteiger partial charge in [0.15, 0.2) is 0 Å². The van der Waals surface area contributed by atoms with E-state index in [9.17, 15) is 19.7 Å². The third-order valence-corrected chi connectivity index (χ3v) is 4.38. The Labute approximate surface area is 161 Å². The van der Waals surface area contributed by atoms with Crippen LogP contribution < -0.4 is 10.9 Å². The van der Waals surface area contributed by atoms with Gasteiger partial charge in [-0.1, -0.05) is 29.8 Å². The fourth-order valence-corrected chi connectivity index (χ4v) is 2.86. The Morgan fingerprint density at radius 2 is 1.79 bits per heavy atom. The van der Waals surface area contributed by atoms with Gasteiger partial charge in [0, 0.05) is 30.1 Å². The molecule has 0 atom stereocenters. The van der Waals surface area contributed by atoms with Crippen LogP contribution >= 0.6 is 0 Å². The number of nitro benzene ring substituents is 1. The highest BCUT2D eigenvalue weighted by Gasteiger charge is 2.11. The van der Waals surface area contributed by atoms with Gasteiger partial charge in [0.2, 0.25) is 0 Å². The third-order valence-electron chi connectivity index (χ3n) is 4.38. The van der Waals surface area contributed by atoms with E-state index in [1.165, 1.54) is 35.0 Å². The first kappa shape index (κ1) is 19.0. The number of pyridine rings is 1. The number of rotatable bonds is 5. The molecule has 28 heavy (non-hydrogen) atoms. The van der Waals surface area contributed by atoms with Crippen molar-refractivity contribution in [2.75, 3.05) is 5.32 Å². The van der Waals surface area contributed by atoms with Crippen molar-refractivity contribution in [2.45, 2.75) is 20.4 Å². The molecule has 1 aromatic heterocycles. The van der Waals surface area contributed by atoms with Gasteiger partial charge in [-0.3, -0.25) is 19.7 Å². The van der Waals surface area contributed by atoms with Crippen molar-refractivity contribution in [3.63, 3.8) is 0 Å². The Kier molecular flexibility index (Phi) is 5.35. The van der Waals surface area contributed by atoms with Gasteiger partial charge in [-0.2, -0.15) is 0 Å². The van der Waals surface area contributed by atoms with E-state index < -0.39 is 4.92 Å². The molecule has 1 amide bonds. The van der Waals surface area contributed by atoms with Gasteiger partial charge in [-0.25, -0.2) is 0 Å². The Morgan fingerprint density at radius 3 is 2.43 bits per heavy atom. The van der Waals surface area contributed by atoms with Crippen molar-refractivity contribution in [3.8, 4) is 0 Å². The first-order valence-electron chi connectivity index (χ1n) is 8.66. The van der Waals surface area contributed by atoms with Crippen LogP contribution in [0, 0.1) is 24.0 Å². The van der Waals surface area contributed by atoms with Gasteiger partial charge in [0.25, 0.3) is 17.2 Å². The minimum absolute atomic E-state index is 0.0160. The van der Waals surface area contributed by atoms with Crippen LogP contribution in [0.2, 0.25) is 0 Å². The topological polar surface area (TPSA) is 94.2 Å². The van der Waals surface area contributed by atoms with Crippen LogP contribution in [-0.2, 0) is 6.54 Å². The van der Waals surface area contributed by atoms with Crippen LogP contribution in [0.3, 0.4) is 0 Å². The SMILES string of the molecule is Cc1ccc(NC(=O)c2ccc(=O)n(Cc3ccc([N+](=O)[O-])cc3)c2)c(C)c1. The Balaban J connectivity index is 1.81. The van der Waals surface area contributed by atoms with Crippen molar-refractivity contribution in [3.05, 3.63) is 104 Å². The second kappa shape index (κ2) is 7.87. The van der Waals surface area contributed by atoms with Gasteiger partial charge in [-0.15, -0.1) is 0 Å². The number of nitrogens with zero attached hydrogens (tertiary/aromatic N) is 2. The number of carbonyl (C=O) groups excluding carboxylic acids is 1. The Bertz CT molecular complexity index is 1100. The van der Waals surface area contributed by atoms with Gasteiger partial charge in [0.1, 0.15) is 0 Å². The average Bonchev–Trinajstić information content (AvgIpc) is 2.66. The monoisotopic (exact) mass is 377 g/mol. The van der Waals surface area contributed by atoms with E-state index in [0.29, 0.717) is 11.3 Å². The summed E-state index contributed by atoms with van der Waals surface area (Å²) in [5.74, 6) is -0.315. The largest absolute Gasteiger partial charge is 0.322 e. The molecule has 0 aliphatic rings. The lowest BCUT2D eigenvalue weighted by Gasteiger charge is -2.11. The van der Waals surface area contributed by atoms with Gasteiger partial charge in [0.05, 0.1) is 17.0 Å². The van der Waals surface area contributed by atoms with Crippen LogP contribution in [0.15, 0.2) is 65.6 Å². The van der Waals surface area contributed by atoms with Crippen molar-refractivity contribution >= 4 is 17.3 Å². The molecule has 3 rings (SSSR count). The lowest BCUT2D eigenvalue weighted by atomic mass is 10.1. The molecule has 7 heteroatoms. The van der Waals surface area contributed by atoms with E-state index in [0.717, 1.165) is 16.7 Å². The number of amides is 1. The molecule has 0 aliphatic carbocycles. The van der Waals surface area contributed by atoms with Crippen molar-refractivity contribution in [1.29, 1.82) is 0 Å². The second-order valence-electron chi connectivity index (χ2n) is 6.58. The molecule has 142 valence electrons. The summed E-state index contributed by atoms with van der Waals surface area (Å²) in [7, 11) is 0. The summed E-state index contributed by atoms with van der Waals surface area (Å²) in [6.45, 7) is 4.10. The summed E-state index contributed by atoms with van der Waals surface area (Å²) in [6, 6.07) is 14.5. The van der Waals surface area contributed by atoms with Crippen LogP contribution in [0.5, 0.6) is 0 Å². The third kappa shape index (κ3) is 4.32. The Morgan fingerprint density at radius 1 is 1.07 bits per heavy atom. The molecule has 0 fully saturated rings. The highest BCUT2D eigenvalue weighted by Crippen LogP contribution is 2.17. The number of hydrogen-bond donors (Lipinski definition) is 1. The number of aromatic nitrogens is 1. The predicted octanol–water partition coefficient (Wildman–Crippen LogP) is 3.67. The number of nitrogens with one attached hydrogen (secondary N) is 1. The summed E-state index contributed by atoms with van der Waals surface area (Å²) in [5.41, 5.74) is 3.56. The average molecular weight is 377 g/mol. The molecule has 7 nitrogen and oxygen atoms in total. The number of hydrogen-bond acceptors (Lipinski definition) is 4. The summed E-state index contributed by atoms with van der Waals surface area (Å²) in [6.07, 6.45) is 1.49. The summed E-state index contributed by atoms with van der Waals surface area (Å²) >= 11 is 0. The fraction of sp³-hybridized carbons (Fsp3) is 0.143. The highest BCUT2D eigenvalue weighted by molar-refractivity contribution is 6.04. The molecule has 0 spiro atoms. The molecule has 2 aromatic carbocycles. The lowest BCUT2D eigenvalue weighted by Crippen LogP contribution is -2.22. The van der Waals surface area contributed by atoms with E-state index >= 15 is 0 Å². The maximum atomic E-state index is 12.6. The highest BCUT2D eigenvalue weighted by atomic mass is 16.6. The number of non-ortho nitro benzene ring substituents is 1. The van der Waals surface area contributed by atoms with Gasteiger partial charge >= 0.3 is 0 Å². The fourth-order valence-electron chi connectivity index (χ4n) is 2.86. The van der Waals surface area contributed by atoms with E-state index in [4.69, 9.17) is 0 Å². The van der Waals surface area contributed by atoms with E-state index in [1.54, 1.807) is 12.1 Å². The molecule has 3 aromatic rings. The molecule has 0 radical (unpaired) electrons. The summed E-state index contributed by atoms with van der Waals surface area (Å²) < 4.78 is 1.40. The maximum Gasteiger partial charge on any atom is 0.269 e. The number of carbonyl (C=O) groups is 1. The smallest absolute Gasteiger partial charge is 0.269 e. The van der Waals surface area contributed by atoms with Gasteiger partial charge < -0.3 is 9.88 Å². The van der Waals surface area contributed by atoms with Crippen molar-refractivity contribution in [2.24, 2.45) is 0 Å². The quantitative estimate of drug-likeness (QED) is 0.542. The standard InChI is InChI=1S/C21H19N3O4/c1-14-3-9-19(15(2)11-14)22-21(26)17-6-10-20(25)23(13-17)12-16-4-7-18(8-5-16)24(27)28/h3-11,13H,12H2,1-2H3,(H,22,26). The predicted molar refractivity (Wildman–Crippen MR) is 107 cm³/mol. The Hall–Kier alpha value is -3.74. The van der Waals surface area contributed by atoms with Crippen molar-refractivity contribution < 1.29 is 9.72 Å². The molecular weight excluding hydrogens is 358 g/mol. The molecule has 0 unspecified atom stereocenters. The normalized spacial score (nSPS) is 10.5. The molecule has 0 aliphatic heterocycles. The zero-order valence-corrected chi connectivity index (χ0v) is 15.5. The van der Waals surface area contributed by atoms with Crippen LogP contribution in [0.25, 0.3) is 0 Å². The molecule has 0 saturated heterocycles. The van der Waals surface area contributed by atoms with E-state index in [2.05, 4.69) is 5.32 Å². The molecule has 0 saturated carbocycles. The van der Waals surface area contributed by atoms with Crippen LogP contribution in [0.4, 0.5) is 11.4 Å². The lowest BCUT2D eigenvalue weighted by molar-refractivity contribution is -0.384. The van der Waals surface area contributed by atoms with Crippen molar-refractivity contribution in [1.82, 2.24) is 4.57 Å². The van der Waals surface area contributed by atoms with Gasteiger partial charge in [-0.05, 0) is 37.1 Å². The molecular formula is C21H19N3O4. The van der Waals surface area contributed by atoms with Crippen LogP contribution in [0.1, 0.15) is 27.0 Å². The molecule has 1 N–H and O–H groups in total. The van der Waals surface area contributed by atoms with E-state index in [1.807, 2.05) is 32.0 Å². The first-order chi connectivity index (χ1) is 13.3. The number of benzene rings is 2. The summed E-state index contributed by atoms with van der Waals surface area (Å²) in [5, 5.41) is 13.6. The number of anilines is 1. The molecule has 1 heterocycles. The molecule has 0 bridgehead atoms.